The van der Waals surface area contributed by atoms with Crippen LogP contribution in [0.25, 0.3) is 17.2 Å². The van der Waals surface area contributed by atoms with Crippen molar-refractivity contribution in [1.29, 1.82) is 0 Å². The molecule has 0 spiro atoms. The highest BCUT2D eigenvalue weighted by Crippen LogP contribution is 2.22. The molecule has 2 saturated heterocycles. The van der Waals surface area contributed by atoms with E-state index in [1.165, 1.54) is 75.3 Å². The number of likely N-dealkylation sites (N-methyl/N-ethyl adjacent to an activating group) is 1. The average molecular weight is 501 g/mol. The van der Waals surface area contributed by atoms with E-state index >= 15 is 0 Å². The molecule has 2 aliphatic heterocycles. The van der Waals surface area contributed by atoms with Gasteiger partial charge in [-0.1, -0.05) is 43.3 Å². The zero-order valence-electron chi connectivity index (χ0n) is 23.3. The molecule has 6 heteroatoms. The van der Waals surface area contributed by atoms with E-state index in [2.05, 4.69) is 89.6 Å². The maximum absolute atomic E-state index is 4.89. The number of hydrogen-bond acceptors (Lipinski definition) is 5. The second-order valence-electron chi connectivity index (χ2n) is 11.1. The van der Waals surface area contributed by atoms with Crippen LogP contribution in [-0.4, -0.2) is 88.1 Å². The van der Waals surface area contributed by atoms with Gasteiger partial charge in [0.25, 0.3) is 0 Å². The van der Waals surface area contributed by atoms with Gasteiger partial charge in [-0.2, -0.15) is 0 Å². The summed E-state index contributed by atoms with van der Waals surface area (Å²) in [6, 6.07) is 11.9. The summed E-state index contributed by atoms with van der Waals surface area (Å²) in [5.74, 6) is 1.10. The lowest BCUT2D eigenvalue weighted by atomic mass is 10.0. The first-order valence-electron chi connectivity index (χ1n) is 14.2. The molecule has 0 unspecified atom stereocenters. The largest absolute Gasteiger partial charge is 0.308 e. The van der Waals surface area contributed by atoms with Gasteiger partial charge in [-0.15, -0.1) is 0 Å². The molecule has 0 radical (unpaired) electrons. The number of piperazine rings is 1. The number of nitrogens with zero attached hydrogens (tertiary/aromatic N) is 6. The molecular formula is C31H44N6. The molecule has 6 nitrogen and oxygen atoms in total. The van der Waals surface area contributed by atoms with Crippen molar-refractivity contribution >= 4 is 17.2 Å². The predicted octanol–water partition coefficient (Wildman–Crippen LogP) is 4.77. The van der Waals surface area contributed by atoms with E-state index in [1.807, 2.05) is 0 Å². The number of aryl methyl sites for hydroxylation is 3. The van der Waals surface area contributed by atoms with Crippen LogP contribution < -0.4 is 0 Å². The van der Waals surface area contributed by atoms with E-state index in [4.69, 9.17) is 9.97 Å². The van der Waals surface area contributed by atoms with Crippen LogP contribution >= 0.6 is 0 Å². The van der Waals surface area contributed by atoms with Gasteiger partial charge >= 0.3 is 0 Å². The Kier molecular flexibility index (Phi) is 8.38. The first kappa shape index (κ1) is 26.1. The van der Waals surface area contributed by atoms with Gasteiger partial charge in [-0.05, 0) is 76.0 Å². The number of benzene rings is 1. The van der Waals surface area contributed by atoms with Gasteiger partial charge in [0.05, 0.1) is 6.54 Å². The highest BCUT2D eigenvalue weighted by Gasteiger charge is 2.26. The number of imidazole rings is 1. The van der Waals surface area contributed by atoms with Gasteiger partial charge in [-0.3, -0.25) is 4.90 Å². The van der Waals surface area contributed by atoms with Crippen molar-refractivity contribution in [3.05, 3.63) is 64.6 Å². The van der Waals surface area contributed by atoms with Crippen molar-refractivity contribution in [3.8, 4) is 0 Å². The summed E-state index contributed by atoms with van der Waals surface area (Å²) >= 11 is 0. The van der Waals surface area contributed by atoms with Crippen molar-refractivity contribution in [2.24, 2.45) is 0 Å². The highest BCUT2D eigenvalue weighted by atomic mass is 15.3. The topological polar surface area (TPSA) is 40.4 Å². The number of rotatable bonds is 8. The van der Waals surface area contributed by atoms with Crippen molar-refractivity contribution in [1.82, 2.24) is 29.2 Å². The first-order chi connectivity index (χ1) is 18.0. The zero-order valence-corrected chi connectivity index (χ0v) is 23.3. The number of hydrogen-bond donors (Lipinski definition) is 0. The number of aromatic nitrogens is 3. The molecule has 0 N–H and O–H groups in total. The van der Waals surface area contributed by atoms with Crippen molar-refractivity contribution in [2.45, 2.75) is 59.0 Å². The van der Waals surface area contributed by atoms with Crippen LogP contribution in [0.2, 0.25) is 0 Å². The lowest BCUT2D eigenvalue weighted by Gasteiger charge is -2.42. The molecule has 2 aromatic heterocycles. The van der Waals surface area contributed by atoms with Gasteiger partial charge in [0.1, 0.15) is 11.3 Å². The molecular weight excluding hydrogens is 456 g/mol. The second-order valence-corrected chi connectivity index (χ2v) is 11.1. The predicted molar refractivity (Wildman–Crippen MR) is 154 cm³/mol. The van der Waals surface area contributed by atoms with Crippen molar-refractivity contribution < 1.29 is 0 Å². The molecule has 2 aliphatic rings. The number of fused-ring (bicyclic) bond motifs is 1. The van der Waals surface area contributed by atoms with Crippen molar-refractivity contribution in [2.75, 3.05) is 52.9 Å². The molecule has 4 heterocycles. The average Bonchev–Trinajstić information content (AvgIpc) is 3.26. The molecule has 0 saturated carbocycles. The summed E-state index contributed by atoms with van der Waals surface area (Å²) in [6.45, 7) is 15.8. The Balaban J connectivity index is 1.11. The van der Waals surface area contributed by atoms with Gasteiger partial charge in [0, 0.05) is 50.9 Å². The highest BCUT2D eigenvalue weighted by molar-refractivity contribution is 5.76. The van der Waals surface area contributed by atoms with E-state index in [-0.39, 0.29) is 0 Å². The smallest absolute Gasteiger partial charge is 0.160 e. The fourth-order valence-corrected chi connectivity index (χ4v) is 5.97. The molecule has 3 aromatic rings. The van der Waals surface area contributed by atoms with Crippen LogP contribution in [0.5, 0.6) is 0 Å². The summed E-state index contributed by atoms with van der Waals surface area (Å²) in [6.07, 6.45) is 9.30. The maximum atomic E-state index is 4.89. The Morgan fingerprint density at radius 1 is 0.946 bits per heavy atom. The molecule has 37 heavy (non-hydrogen) atoms. The van der Waals surface area contributed by atoms with Gasteiger partial charge in [0.2, 0.25) is 0 Å². The molecule has 5 rings (SSSR count). The molecule has 2 fully saturated rings. The molecule has 198 valence electrons. The van der Waals surface area contributed by atoms with Crippen LogP contribution in [0.4, 0.5) is 0 Å². The monoisotopic (exact) mass is 500 g/mol. The van der Waals surface area contributed by atoms with E-state index in [1.54, 1.807) is 0 Å². The molecule has 0 aliphatic carbocycles. The molecule has 0 atom stereocenters. The van der Waals surface area contributed by atoms with Crippen LogP contribution in [0.1, 0.15) is 54.4 Å². The summed E-state index contributed by atoms with van der Waals surface area (Å²) in [4.78, 5) is 17.5. The number of piperidine rings is 1. The van der Waals surface area contributed by atoms with Gasteiger partial charge < -0.3 is 14.4 Å². The van der Waals surface area contributed by atoms with E-state index in [0.717, 1.165) is 48.1 Å². The molecule has 0 bridgehead atoms. The third kappa shape index (κ3) is 6.31. The lowest BCUT2D eigenvalue weighted by molar-refractivity contribution is 0.0683. The fraction of sp³-hybridized carbons (Fsp3) is 0.548. The van der Waals surface area contributed by atoms with Gasteiger partial charge in [0.15, 0.2) is 5.65 Å². The van der Waals surface area contributed by atoms with Crippen LogP contribution in [-0.2, 0) is 13.0 Å². The molecule has 0 amide bonds. The summed E-state index contributed by atoms with van der Waals surface area (Å²) in [5.41, 5.74) is 6.85. The Labute approximate surface area is 223 Å². The number of likely N-dealkylation sites (tertiary alicyclic amines) is 1. The number of pyridine rings is 1. The quantitative estimate of drug-likeness (QED) is 0.445. The van der Waals surface area contributed by atoms with E-state index in [9.17, 15) is 0 Å². The summed E-state index contributed by atoms with van der Waals surface area (Å²) in [7, 11) is 2.24. The zero-order chi connectivity index (χ0) is 25.8. The summed E-state index contributed by atoms with van der Waals surface area (Å²) < 4.78 is 2.28. The van der Waals surface area contributed by atoms with Crippen LogP contribution in [0.3, 0.4) is 0 Å². The van der Waals surface area contributed by atoms with Crippen LogP contribution in [0.15, 0.2) is 36.4 Å². The Morgan fingerprint density at radius 3 is 2.38 bits per heavy atom. The Bertz CT molecular complexity index is 1190. The maximum Gasteiger partial charge on any atom is 0.160 e. The normalized spacial score (nSPS) is 18.9. The first-order valence-corrected chi connectivity index (χ1v) is 14.2. The van der Waals surface area contributed by atoms with E-state index < -0.39 is 0 Å². The fourth-order valence-electron chi connectivity index (χ4n) is 5.97. The lowest BCUT2D eigenvalue weighted by Crippen LogP contribution is -2.52. The van der Waals surface area contributed by atoms with Gasteiger partial charge in [-0.25, -0.2) is 9.97 Å². The Morgan fingerprint density at radius 2 is 1.68 bits per heavy atom. The summed E-state index contributed by atoms with van der Waals surface area (Å²) in [5, 5.41) is 0. The van der Waals surface area contributed by atoms with Crippen molar-refractivity contribution in [3.63, 3.8) is 0 Å². The van der Waals surface area contributed by atoms with E-state index in [0.29, 0.717) is 0 Å². The Hall–Kier alpha value is -2.54. The second kappa shape index (κ2) is 11.9. The third-order valence-corrected chi connectivity index (χ3v) is 8.27. The molecule has 1 aromatic carbocycles. The minimum atomic E-state index is 0.802. The minimum absolute atomic E-state index is 0.802. The van der Waals surface area contributed by atoms with Crippen LogP contribution in [0, 0.1) is 13.8 Å². The third-order valence-electron chi connectivity index (χ3n) is 8.27. The standard InChI is InChI=1S/C31H44N6/c1-5-29-33-30-24(2)22-25(3)32-31(30)37(29)23-27-11-9-26(10-12-27)8-6-7-15-35-16-13-28(14-17-35)36-20-18-34(4)19-21-36/h6,8-12,22,28H,5,7,13-21,23H2,1-4H3. The SMILES string of the molecule is CCc1nc2c(C)cc(C)nc2n1Cc1ccc(C=CCCN2CCC(N3CCN(C)CC3)CC2)cc1. The minimum Gasteiger partial charge on any atom is -0.308 e.